The molecule has 2 fully saturated rings. The average Bonchev–Trinajstić information content (AvgIpc) is 2.68. The first-order valence-corrected chi connectivity index (χ1v) is 10.1. The monoisotopic (exact) mass is 398 g/mol. The van der Waals surface area contributed by atoms with Crippen molar-refractivity contribution in [2.24, 2.45) is 5.92 Å². The maximum absolute atomic E-state index is 12.7. The largest absolute Gasteiger partial charge is 0.417 e. The number of halogens is 3. The van der Waals surface area contributed by atoms with Crippen LogP contribution in [0, 0.1) is 5.92 Å². The van der Waals surface area contributed by atoms with Crippen molar-refractivity contribution in [3.8, 4) is 0 Å². The molecule has 0 unspecified atom stereocenters. The molecule has 1 N–H and O–H groups in total. The minimum Gasteiger partial charge on any atom is -0.357 e. The molecule has 0 atom stereocenters. The van der Waals surface area contributed by atoms with Crippen LogP contribution in [0.15, 0.2) is 18.3 Å². The number of pyridine rings is 1. The number of nitrogens with zero attached hydrogens (tertiary/aromatic N) is 3. The van der Waals surface area contributed by atoms with Crippen molar-refractivity contribution in [3.63, 3.8) is 0 Å². The Morgan fingerprint density at radius 1 is 1.11 bits per heavy atom. The summed E-state index contributed by atoms with van der Waals surface area (Å²) in [4.78, 5) is 20.9. The third kappa shape index (κ3) is 5.16. The lowest BCUT2D eigenvalue weighted by molar-refractivity contribution is -0.137. The predicted molar refractivity (Wildman–Crippen MR) is 102 cm³/mol. The van der Waals surface area contributed by atoms with Gasteiger partial charge in [0.2, 0.25) is 5.91 Å². The molecule has 0 spiro atoms. The minimum absolute atomic E-state index is 0.0335. The zero-order valence-corrected chi connectivity index (χ0v) is 16.5. The maximum atomic E-state index is 12.7. The molecule has 2 saturated heterocycles. The van der Waals surface area contributed by atoms with E-state index in [-0.39, 0.29) is 17.9 Å². The molecule has 3 heterocycles. The van der Waals surface area contributed by atoms with E-state index in [1.165, 1.54) is 6.07 Å². The topological polar surface area (TPSA) is 48.5 Å². The smallest absolute Gasteiger partial charge is 0.357 e. The highest BCUT2D eigenvalue weighted by Crippen LogP contribution is 2.30. The summed E-state index contributed by atoms with van der Waals surface area (Å²) < 4.78 is 38.0. The van der Waals surface area contributed by atoms with Crippen molar-refractivity contribution < 1.29 is 18.0 Å². The summed E-state index contributed by atoms with van der Waals surface area (Å²) in [7, 11) is 0. The van der Waals surface area contributed by atoms with Crippen LogP contribution in [0.25, 0.3) is 0 Å². The summed E-state index contributed by atoms with van der Waals surface area (Å²) in [6.45, 7) is 7.67. The van der Waals surface area contributed by atoms with E-state index in [0.29, 0.717) is 37.8 Å². The number of carbonyl (C=O) groups excluding carboxylic acids is 1. The number of carbonyl (C=O) groups is 1. The lowest BCUT2D eigenvalue weighted by atomic mass is 9.94. The Morgan fingerprint density at radius 3 is 2.25 bits per heavy atom. The summed E-state index contributed by atoms with van der Waals surface area (Å²) in [5.41, 5.74) is -0.742. The van der Waals surface area contributed by atoms with Crippen molar-refractivity contribution in [3.05, 3.63) is 23.9 Å². The van der Waals surface area contributed by atoms with Gasteiger partial charge in [-0.15, -0.1) is 0 Å². The first kappa shape index (κ1) is 20.9. The Bertz CT molecular complexity index is 646. The Balaban J connectivity index is 1.45. The van der Waals surface area contributed by atoms with Crippen LogP contribution in [0.3, 0.4) is 0 Å². The number of piperidine rings is 2. The van der Waals surface area contributed by atoms with Gasteiger partial charge in [0.15, 0.2) is 0 Å². The van der Waals surface area contributed by atoms with Gasteiger partial charge in [0.1, 0.15) is 5.82 Å². The van der Waals surface area contributed by atoms with Crippen LogP contribution < -0.4 is 10.2 Å². The third-order valence-corrected chi connectivity index (χ3v) is 5.87. The molecule has 2 aliphatic heterocycles. The van der Waals surface area contributed by atoms with Crippen LogP contribution in [0.2, 0.25) is 0 Å². The van der Waals surface area contributed by atoms with Crippen LogP contribution in [0.4, 0.5) is 19.0 Å². The number of hydrogen-bond donors (Lipinski definition) is 1. The molecule has 8 heteroatoms. The van der Waals surface area contributed by atoms with Gasteiger partial charge in [-0.1, -0.05) is 0 Å². The maximum Gasteiger partial charge on any atom is 0.417 e. The molecule has 156 valence electrons. The second-order valence-corrected chi connectivity index (χ2v) is 8.08. The summed E-state index contributed by atoms with van der Waals surface area (Å²) in [5.74, 6) is 0.616. The van der Waals surface area contributed by atoms with Gasteiger partial charge >= 0.3 is 6.18 Å². The number of nitrogens with one attached hydrogen (secondary N) is 1. The number of rotatable bonds is 4. The second kappa shape index (κ2) is 8.68. The second-order valence-electron chi connectivity index (χ2n) is 8.08. The Labute approximate surface area is 164 Å². The van der Waals surface area contributed by atoms with Gasteiger partial charge in [-0.2, -0.15) is 13.2 Å². The van der Waals surface area contributed by atoms with E-state index >= 15 is 0 Å². The van der Waals surface area contributed by atoms with Gasteiger partial charge in [0.25, 0.3) is 0 Å². The fraction of sp³-hybridized carbons (Fsp3) is 0.700. The van der Waals surface area contributed by atoms with Crippen molar-refractivity contribution in [1.29, 1.82) is 0 Å². The number of anilines is 1. The summed E-state index contributed by atoms with van der Waals surface area (Å²) in [6.07, 6.45) is -0.144. The molecule has 0 aliphatic carbocycles. The standard InChI is InChI=1S/C20H29F3N4O/c1-14(2)26-11-7-17(8-12-26)25-19(28)15-5-9-27(10-6-15)18-4-3-16(13-24-18)20(21,22)23/h3-4,13-15,17H,5-12H2,1-2H3,(H,25,28). The van der Waals surface area contributed by atoms with Gasteiger partial charge < -0.3 is 15.1 Å². The van der Waals surface area contributed by atoms with Crippen LogP contribution in [-0.2, 0) is 11.0 Å². The molecule has 3 rings (SSSR count). The summed E-state index contributed by atoms with van der Waals surface area (Å²) in [5, 5.41) is 3.20. The Kier molecular flexibility index (Phi) is 6.47. The van der Waals surface area contributed by atoms with Crippen molar-refractivity contribution in [2.75, 3.05) is 31.1 Å². The van der Waals surface area contributed by atoms with Crippen molar-refractivity contribution in [2.45, 2.75) is 57.8 Å². The highest BCUT2D eigenvalue weighted by molar-refractivity contribution is 5.79. The van der Waals surface area contributed by atoms with E-state index in [1.807, 2.05) is 4.90 Å². The fourth-order valence-electron chi connectivity index (χ4n) is 3.99. The highest BCUT2D eigenvalue weighted by Gasteiger charge is 2.32. The molecular weight excluding hydrogens is 369 g/mol. The zero-order valence-electron chi connectivity index (χ0n) is 16.5. The quantitative estimate of drug-likeness (QED) is 0.846. The third-order valence-electron chi connectivity index (χ3n) is 5.87. The highest BCUT2D eigenvalue weighted by atomic mass is 19.4. The van der Waals surface area contributed by atoms with E-state index in [0.717, 1.165) is 38.2 Å². The summed E-state index contributed by atoms with van der Waals surface area (Å²) in [6, 6.07) is 3.26. The van der Waals surface area contributed by atoms with Crippen LogP contribution in [0.5, 0.6) is 0 Å². The SMILES string of the molecule is CC(C)N1CCC(NC(=O)C2CCN(c3ccc(C(F)(F)F)cn3)CC2)CC1. The molecule has 5 nitrogen and oxygen atoms in total. The Hall–Kier alpha value is -1.83. The first-order chi connectivity index (χ1) is 13.2. The fourth-order valence-corrected chi connectivity index (χ4v) is 3.99. The number of likely N-dealkylation sites (tertiary alicyclic amines) is 1. The van der Waals surface area contributed by atoms with Crippen LogP contribution in [-0.4, -0.2) is 54.1 Å². The molecule has 1 aromatic rings. The van der Waals surface area contributed by atoms with Gasteiger partial charge in [-0.05, 0) is 51.7 Å². The van der Waals surface area contributed by atoms with E-state index in [4.69, 9.17) is 0 Å². The van der Waals surface area contributed by atoms with Crippen molar-refractivity contribution >= 4 is 11.7 Å². The molecule has 0 saturated carbocycles. The molecule has 2 aliphatic rings. The van der Waals surface area contributed by atoms with E-state index in [1.54, 1.807) is 0 Å². The molecular formula is C20H29F3N4O. The van der Waals surface area contributed by atoms with Gasteiger partial charge in [0.05, 0.1) is 5.56 Å². The molecule has 28 heavy (non-hydrogen) atoms. The predicted octanol–water partition coefficient (Wildman–Crippen LogP) is 3.31. The normalized spacial score (nSPS) is 20.6. The minimum atomic E-state index is -4.37. The van der Waals surface area contributed by atoms with Crippen LogP contribution in [0.1, 0.15) is 45.1 Å². The van der Waals surface area contributed by atoms with Gasteiger partial charge in [-0.25, -0.2) is 4.98 Å². The van der Waals surface area contributed by atoms with Crippen LogP contribution >= 0.6 is 0 Å². The lowest BCUT2D eigenvalue weighted by Gasteiger charge is -2.36. The van der Waals surface area contributed by atoms with E-state index in [9.17, 15) is 18.0 Å². The van der Waals surface area contributed by atoms with Gasteiger partial charge in [0, 0.05) is 50.4 Å². The number of alkyl halides is 3. The molecule has 1 amide bonds. The molecule has 0 aromatic carbocycles. The number of aromatic nitrogens is 1. The summed E-state index contributed by atoms with van der Waals surface area (Å²) >= 11 is 0. The van der Waals surface area contributed by atoms with Gasteiger partial charge in [-0.3, -0.25) is 4.79 Å². The zero-order chi connectivity index (χ0) is 20.3. The molecule has 1 aromatic heterocycles. The van der Waals surface area contributed by atoms with E-state index < -0.39 is 11.7 Å². The number of amides is 1. The molecule has 0 bridgehead atoms. The first-order valence-electron chi connectivity index (χ1n) is 10.1. The van der Waals surface area contributed by atoms with E-state index in [2.05, 4.69) is 29.0 Å². The average molecular weight is 398 g/mol. The lowest BCUT2D eigenvalue weighted by Crippen LogP contribution is -2.49. The Morgan fingerprint density at radius 2 is 1.75 bits per heavy atom. The molecule has 0 radical (unpaired) electrons. The number of hydrogen-bond acceptors (Lipinski definition) is 4. The van der Waals surface area contributed by atoms with Crippen molar-refractivity contribution in [1.82, 2.24) is 15.2 Å².